The molecule has 4 fully saturated rings. The Hall–Kier alpha value is 0.270. The van der Waals surface area contributed by atoms with Gasteiger partial charge >= 0.3 is 0 Å². The van der Waals surface area contributed by atoms with Crippen molar-refractivity contribution in [3.63, 3.8) is 0 Å². The quantitative estimate of drug-likeness (QED) is 0.432. The van der Waals surface area contributed by atoms with Gasteiger partial charge in [0.2, 0.25) is 0 Å². The van der Waals surface area contributed by atoms with Crippen LogP contribution in [-0.4, -0.2) is 32.8 Å². The van der Waals surface area contributed by atoms with Gasteiger partial charge in [-0.15, -0.1) is 0 Å². The standard InChI is InChI=1S/C24H44N2S/c1-5-13-21(14-6-1)25(22-15-7-2-8-16-22)27-26(23-17-9-3-10-18-23)24-19-11-4-12-20-24/h21-24H,1-20H2. The summed E-state index contributed by atoms with van der Waals surface area (Å²) < 4.78 is 6.00. The van der Waals surface area contributed by atoms with Crippen LogP contribution in [0.1, 0.15) is 128 Å². The molecule has 3 heteroatoms. The Kier molecular flexibility index (Phi) is 8.27. The average molecular weight is 393 g/mol. The first-order valence-electron chi connectivity index (χ1n) is 12.7. The van der Waals surface area contributed by atoms with Crippen LogP contribution in [0.3, 0.4) is 0 Å². The second kappa shape index (κ2) is 10.9. The highest BCUT2D eigenvalue weighted by Gasteiger charge is 2.36. The highest BCUT2D eigenvalue weighted by Crippen LogP contribution is 2.41. The molecular formula is C24H44N2S. The van der Waals surface area contributed by atoms with E-state index in [2.05, 4.69) is 20.7 Å². The van der Waals surface area contributed by atoms with E-state index in [0.717, 1.165) is 24.2 Å². The van der Waals surface area contributed by atoms with Gasteiger partial charge in [-0.25, -0.2) is 8.61 Å². The minimum absolute atomic E-state index is 0.863. The third-order valence-corrected chi connectivity index (χ3v) is 9.50. The van der Waals surface area contributed by atoms with Crippen molar-refractivity contribution in [2.24, 2.45) is 0 Å². The minimum Gasteiger partial charge on any atom is -0.231 e. The zero-order chi connectivity index (χ0) is 18.3. The Morgan fingerprint density at radius 1 is 0.333 bits per heavy atom. The highest BCUT2D eigenvalue weighted by molar-refractivity contribution is 7.94. The van der Waals surface area contributed by atoms with Crippen molar-refractivity contribution in [1.82, 2.24) is 8.61 Å². The van der Waals surface area contributed by atoms with Crippen molar-refractivity contribution in [3.8, 4) is 0 Å². The predicted molar refractivity (Wildman–Crippen MR) is 119 cm³/mol. The second-order valence-corrected chi connectivity index (χ2v) is 11.0. The van der Waals surface area contributed by atoms with Gasteiger partial charge in [0.1, 0.15) is 0 Å². The molecule has 4 aliphatic rings. The van der Waals surface area contributed by atoms with Crippen LogP contribution in [0.5, 0.6) is 0 Å². The molecule has 0 bridgehead atoms. The van der Waals surface area contributed by atoms with Gasteiger partial charge in [-0.3, -0.25) is 0 Å². The van der Waals surface area contributed by atoms with Crippen LogP contribution in [0.2, 0.25) is 0 Å². The van der Waals surface area contributed by atoms with Gasteiger partial charge in [0.25, 0.3) is 0 Å². The van der Waals surface area contributed by atoms with Crippen LogP contribution in [0.15, 0.2) is 0 Å². The van der Waals surface area contributed by atoms with Crippen molar-refractivity contribution >= 4 is 12.1 Å². The van der Waals surface area contributed by atoms with E-state index < -0.39 is 0 Å². The fourth-order valence-corrected chi connectivity index (χ4v) is 7.91. The van der Waals surface area contributed by atoms with E-state index in [9.17, 15) is 0 Å². The predicted octanol–water partition coefficient (Wildman–Crippen LogP) is 7.48. The summed E-state index contributed by atoms with van der Waals surface area (Å²) in [5, 5.41) is 0. The molecule has 0 spiro atoms. The van der Waals surface area contributed by atoms with E-state index in [0.29, 0.717) is 0 Å². The van der Waals surface area contributed by atoms with E-state index in [1.807, 2.05) is 0 Å². The molecule has 0 unspecified atom stereocenters. The molecule has 4 rings (SSSR count). The largest absolute Gasteiger partial charge is 0.231 e. The number of nitrogens with zero attached hydrogens (tertiary/aromatic N) is 2. The Morgan fingerprint density at radius 2 is 0.556 bits per heavy atom. The maximum atomic E-state index is 3.00. The third kappa shape index (κ3) is 5.66. The van der Waals surface area contributed by atoms with Crippen LogP contribution in [0.4, 0.5) is 0 Å². The average Bonchev–Trinajstić information content (AvgIpc) is 2.77. The zero-order valence-electron chi connectivity index (χ0n) is 17.8. The van der Waals surface area contributed by atoms with E-state index in [4.69, 9.17) is 0 Å². The number of hydrogen-bond donors (Lipinski definition) is 0. The van der Waals surface area contributed by atoms with E-state index in [-0.39, 0.29) is 0 Å². The summed E-state index contributed by atoms with van der Waals surface area (Å²) in [4.78, 5) is 0. The lowest BCUT2D eigenvalue weighted by Crippen LogP contribution is -2.48. The minimum atomic E-state index is 0.863. The Bertz CT molecular complexity index is 331. The first-order chi connectivity index (χ1) is 13.4. The SMILES string of the molecule is C1CCC(N(SN(C2CCCCC2)C2CCCCC2)C2CCCCC2)CC1. The summed E-state index contributed by atoms with van der Waals surface area (Å²) in [6.07, 6.45) is 29.4. The smallest absolute Gasteiger partial charge is 0.0217 e. The molecule has 0 radical (unpaired) electrons. The maximum Gasteiger partial charge on any atom is 0.0217 e. The summed E-state index contributed by atoms with van der Waals surface area (Å²) in [7, 11) is 0. The summed E-state index contributed by atoms with van der Waals surface area (Å²) in [5.41, 5.74) is 0. The van der Waals surface area contributed by atoms with Gasteiger partial charge in [0.05, 0.1) is 0 Å². The lowest BCUT2D eigenvalue weighted by molar-refractivity contribution is 0.148. The Balaban J connectivity index is 1.49. The van der Waals surface area contributed by atoms with Gasteiger partial charge in [-0.1, -0.05) is 77.0 Å². The van der Waals surface area contributed by atoms with E-state index in [1.165, 1.54) is 128 Å². The molecule has 4 saturated carbocycles. The topological polar surface area (TPSA) is 6.48 Å². The normalized spacial score (nSPS) is 28.2. The first kappa shape index (κ1) is 20.5. The first-order valence-corrected chi connectivity index (χ1v) is 13.4. The monoisotopic (exact) mass is 392 g/mol. The van der Waals surface area contributed by atoms with Gasteiger partial charge in [-0.2, -0.15) is 0 Å². The molecule has 0 aromatic heterocycles. The van der Waals surface area contributed by atoms with Gasteiger partial charge in [0.15, 0.2) is 0 Å². The number of hydrogen-bond acceptors (Lipinski definition) is 3. The van der Waals surface area contributed by atoms with Crippen LogP contribution >= 0.6 is 12.1 Å². The molecule has 27 heavy (non-hydrogen) atoms. The van der Waals surface area contributed by atoms with E-state index in [1.54, 1.807) is 0 Å². The number of rotatable bonds is 6. The summed E-state index contributed by atoms with van der Waals surface area (Å²) in [5.74, 6) is 0. The molecule has 0 aromatic carbocycles. The van der Waals surface area contributed by atoms with Gasteiger partial charge in [-0.05, 0) is 51.4 Å². The molecule has 0 saturated heterocycles. The van der Waals surface area contributed by atoms with Crippen molar-refractivity contribution in [3.05, 3.63) is 0 Å². The van der Waals surface area contributed by atoms with Crippen molar-refractivity contribution in [2.75, 3.05) is 0 Å². The van der Waals surface area contributed by atoms with Crippen LogP contribution in [0.25, 0.3) is 0 Å². The maximum absolute atomic E-state index is 3.00. The molecule has 4 aliphatic carbocycles. The molecular weight excluding hydrogens is 348 g/mol. The summed E-state index contributed by atoms with van der Waals surface area (Å²) >= 11 is 2.28. The summed E-state index contributed by atoms with van der Waals surface area (Å²) in [6.45, 7) is 0. The summed E-state index contributed by atoms with van der Waals surface area (Å²) in [6, 6.07) is 3.45. The molecule has 0 heterocycles. The van der Waals surface area contributed by atoms with E-state index >= 15 is 0 Å². The van der Waals surface area contributed by atoms with Crippen molar-refractivity contribution in [2.45, 2.75) is 153 Å². The van der Waals surface area contributed by atoms with Crippen LogP contribution < -0.4 is 0 Å². The van der Waals surface area contributed by atoms with Crippen molar-refractivity contribution < 1.29 is 0 Å². The Morgan fingerprint density at radius 3 is 0.778 bits per heavy atom. The fourth-order valence-electron chi connectivity index (χ4n) is 6.31. The molecule has 0 aromatic rings. The fraction of sp³-hybridized carbons (Fsp3) is 1.00. The van der Waals surface area contributed by atoms with Crippen LogP contribution in [-0.2, 0) is 0 Å². The molecule has 0 aliphatic heterocycles. The Labute approximate surface area is 173 Å². The van der Waals surface area contributed by atoms with Gasteiger partial charge < -0.3 is 0 Å². The molecule has 0 atom stereocenters. The zero-order valence-corrected chi connectivity index (χ0v) is 18.6. The van der Waals surface area contributed by atoms with Gasteiger partial charge in [0, 0.05) is 36.3 Å². The molecule has 0 N–H and O–H groups in total. The molecule has 0 amide bonds. The van der Waals surface area contributed by atoms with Crippen LogP contribution in [0, 0.1) is 0 Å². The second-order valence-electron chi connectivity index (χ2n) is 9.97. The van der Waals surface area contributed by atoms with Crippen molar-refractivity contribution in [1.29, 1.82) is 0 Å². The molecule has 156 valence electrons. The third-order valence-electron chi connectivity index (χ3n) is 7.93. The molecule has 2 nitrogen and oxygen atoms in total. The lowest BCUT2D eigenvalue weighted by atomic mass is 9.91. The lowest BCUT2D eigenvalue weighted by Gasteiger charge is -2.47. The highest BCUT2D eigenvalue weighted by atomic mass is 32.2.